The van der Waals surface area contributed by atoms with E-state index in [1.54, 1.807) is 47.2 Å². The number of imidazole rings is 1. The van der Waals surface area contributed by atoms with Gasteiger partial charge in [-0.15, -0.1) is 5.10 Å². The molecule has 1 aromatic carbocycles. The highest BCUT2D eigenvalue weighted by atomic mass is 35.5. The van der Waals surface area contributed by atoms with Gasteiger partial charge in [0.1, 0.15) is 23.7 Å². The molecule has 1 atom stereocenters. The zero-order valence-corrected chi connectivity index (χ0v) is 18.2. The number of aromatic nitrogens is 9. The van der Waals surface area contributed by atoms with Crippen LogP contribution in [0.1, 0.15) is 24.1 Å². The zero-order valence-electron chi connectivity index (χ0n) is 17.4. The first-order valence-corrected chi connectivity index (χ1v) is 10.8. The number of pyridine rings is 1. The smallest absolute Gasteiger partial charge is 0.254 e. The third-order valence-electron chi connectivity index (χ3n) is 5.71. The van der Waals surface area contributed by atoms with E-state index in [1.165, 1.54) is 17.1 Å². The third kappa shape index (κ3) is 3.37. The molecule has 34 heavy (non-hydrogen) atoms. The first-order valence-electron chi connectivity index (χ1n) is 10.4. The van der Waals surface area contributed by atoms with Gasteiger partial charge in [0.25, 0.3) is 5.56 Å². The van der Waals surface area contributed by atoms with E-state index in [1.807, 2.05) is 0 Å². The largest absolute Gasteiger partial charge is 0.317 e. The molecule has 0 fully saturated rings. The highest BCUT2D eigenvalue weighted by molar-refractivity contribution is 6.31. The van der Waals surface area contributed by atoms with E-state index in [4.69, 9.17) is 16.6 Å². The van der Waals surface area contributed by atoms with E-state index < -0.39 is 12.0 Å². The molecular formula is C22H15ClFN9O. The molecule has 1 aliphatic rings. The Hall–Kier alpha value is -4.25. The summed E-state index contributed by atoms with van der Waals surface area (Å²) in [5, 5.41) is 11.8. The molecule has 168 valence electrons. The van der Waals surface area contributed by atoms with Gasteiger partial charge < -0.3 is 4.98 Å². The van der Waals surface area contributed by atoms with E-state index in [0.29, 0.717) is 52.2 Å². The van der Waals surface area contributed by atoms with Crippen LogP contribution in [0.25, 0.3) is 28.3 Å². The highest BCUT2D eigenvalue weighted by Gasteiger charge is 2.30. The van der Waals surface area contributed by atoms with Gasteiger partial charge in [-0.2, -0.15) is 9.07 Å². The molecule has 0 saturated heterocycles. The van der Waals surface area contributed by atoms with Crippen molar-refractivity contribution in [1.82, 2.24) is 44.7 Å². The van der Waals surface area contributed by atoms with Gasteiger partial charge in [-0.3, -0.25) is 14.3 Å². The molecule has 1 N–H and O–H groups in total. The Kier molecular flexibility index (Phi) is 4.77. The Balaban J connectivity index is 1.42. The molecule has 0 bridgehead atoms. The summed E-state index contributed by atoms with van der Waals surface area (Å²) < 4.78 is 17.7. The minimum absolute atomic E-state index is 0.117. The van der Waals surface area contributed by atoms with Gasteiger partial charge in [-0.1, -0.05) is 17.7 Å². The Morgan fingerprint density at radius 1 is 1.12 bits per heavy atom. The SMILES string of the molecule is O=c1cc(-c2cc(Cl)ccc2-n2cnnn2)nc2n1[C@H](c1nc(-c3ccccn3)c(F)[nH]1)CC2. The number of hydrogen-bond donors (Lipinski definition) is 1. The number of halogens is 2. The van der Waals surface area contributed by atoms with Gasteiger partial charge in [0, 0.05) is 29.3 Å². The van der Waals surface area contributed by atoms with Crippen molar-refractivity contribution in [3.8, 4) is 28.3 Å². The monoisotopic (exact) mass is 475 g/mol. The van der Waals surface area contributed by atoms with E-state index >= 15 is 0 Å². The Morgan fingerprint density at radius 2 is 2.03 bits per heavy atom. The lowest BCUT2D eigenvalue weighted by Crippen LogP contribution is -2.25. The van der Waals surface area contributed by atoms with Gasteiger partial charge in [-0.25, -0.2) is 9.97 Å². The maximum absolute atomic E-state index is 14.6. The summed E-state index contributed by atoms with van der Waals surface area (Å²) >= 11 is 6.23. The highest BCUT2D eigenvalue weighted by Crippen LogP contribution is 2.33. The summed E-state index contributed by atoms with van der Waals surface area (Å²) in [5.41, 5.74) is 1.95. The number of nitrogens with zero attached hydrogens (tertiary/aromatic N) is 8. The maximum atomic E-state index is 14.6. The molecule has 4 aromatic heterocycles. The van der Waals surface area contributed by atoms with Crippen LogP contribution in [0.2, 0.25) is 5.02 Å². The topological polar surface area (TPSA) is 120 Å². The van der Waals surface area contributed by atoms with Gasteiger partial charge in [0.2, 0.25) is 5.95 Å². The number of rotatable bonds is 4. The van der Waals surface area contributed by atoms with Crippen LogP contribution in [0, 0.1) is 5.95 Å². The normalized spacial score (nSPS) is 14.9. The summed E-state index contributed by atoms with van der Waals surface area (Å²) in [6.45, 7) is 0. The molecule has 0 radical (unpaired) electrons. The number of aromatic amines is 1. The number of H-pyrrole nitrogens is 1. The molecule has 12 heteroatoms. The predicted octanol–water partition coefficient (Wildman–Crippen LogP) is 3.00. The van der Waals surface area contributed by atoms with Crippen LogP contribution < -0.4 is 5.56 Å². The zero-order chi connectivity index (χ0) is 23.2. The molecule has 10 nitrogen and oxygen atoms in total. The number of benzene rings is 1. The summed E-state index contributed by atoms with van der Waals surface area (Å²) in [5.74, 6) is 0.335. The Labute approximate surface area is 196 Å². The minimum Gasteiger partial charge on any atom is -0.317 e. The fourth-order valence-electron chi connectivity index (χ4n) is 4.22. The molecule has 5 aromatic rings. The number of hydrogen-bond acceptors (Lipinski definition) is 7. The summed E-state index contributed by atoms with van der Waals surface area (Å²) in [6, 6.07) is 11.3. The number of aryl methyl sites for hydroxylation is 1. The summed E-state index contributed by atoms with van der Waals surface area (Å²) in [6.07, 6.45) is 4.10. The van der Waals surface area contributed by atoms with Crippen molar-refractivity contribution >= 4 is 11.6 Å². The van der Waals surface area contributed by atoms with Crippen molar-refractivity contribution in [3.05, 3.63) is 88.0 Å². The van der Waals surface area contributed by atoms with Gasteiger partial charge in [-0.05, 0) is 47.2 Å². The van der Waals surface area contributed by atoms with Crippen LogP contribution in [0.5, 0.6) is 0 Å². The standard InChI is InChI=1S/C22H15ClFN9O/c23-12-4-5-16(32-11-26-30-31-32)13(9-12)15-10-19(34)33-17(6-7-18(33)27-15)22-28-20(21(24)29-22)14-3-1-2-8-25-14/h1-5,8-11,17H,6-7H2,(H,28,29)/t17-/m0/s1. The van der Waals surface area contributed by atoms with E-state index in [2.05, 4.69) is 30.5 Å². The summed E-state index contributed by atoms with van der Waals surface area (Å²) in [7, 11) is 0. The number of fused-ring (bicyclic) bond motifs is 1. The van der Waals surface area contributed by atoms with Crippen molar-refractivity contribution in [2.45, 2.75) is 18.9 Å². The molecular weight excluding hydrogens is 461 g/mol. The van der Waals surface area contributed by atoms with Crippen molar-refractivity contribution in [3.63, 3.8) is 0 Å². The molecule has 0 amide bonds. The van der Waals surface area contributed by atoms with Crippen molar-refractivity contribution in [1.29, 1.82) is 0 Å². The second kappa shape index (κ2) is 7.96. The van der Waals surface area contributed by atoms with Gasteiger partial charge >= 0.3 is 0 Å². The van der Waals surface area contributed by atoms with Gasteiger partial charge in [0.15, 0.2) is 0 Å². The fourth-order valence-corrected chi connectivity index (χ4v) is 4.40. The van der Waals surface area contributed by atoms with E-state index in [-0.39, 0.29) is 11.3 Å². The van der Waals surface area contributed by atoms with Crippen LogP contribution in [-0.2, 0) is 6.42 Å². The van der Waals surface area contributed by atoms with E-state index in [0.717, 1.165) is 0 Å². The molecule has 1 aliphatic heterocycles. The molecule has 0 aliphatic carbocycles. The Bertz CT molecular complexity index is 1560. The molecule has 0 saturated carbocycles. The van der Waals surface area contributed by atoms with Crippen molar-refractivity contribution in [2.75, 3.05) is 0 Å². The van der Waals surface area contributed by atoms with Crippen LogP contribution in [0.15, 0.2) is 59.8 Å². The fraction of sp³-hybridized carbons (Fsp3) is 0.136. The first kappa shape index (κ1) is 20.4. The maximum Gasteiger partial charge on any atom is 0.254 e. The minimum atomic E-state index is -0.593. The quantitative estimate of drug-likeness (QED) is 0.424. The molecule has 0 spiro atoms. The van der Waals surface area contributed by atoms with Crippen LogP contribution >= 0.6 is 11.6 Å². The predicted molar refractivity (Wildman–Crippen MR) is 120 cm³/mol. The number of tetrazole rings is 1. The lowest BCUT2D eigenvalue weighted by Gasteiger charge is -2.14. The lowest BCUT2D eigenvalue weighted by atomic mass is 10.1. The van der Waals surface area contributed by atoms with Crippen LogP contribution in [-0.4, -0.2) is 44.7 Å². The number of nitrogens with one attached hydrogen (secondary N) is 1. The van der Waals surface area contributed by atoms with Gasteiger partial charge in [0.05, 0.1) is 23.1 Å². The first-order chi connectivity index (χ1) is 16.6. The van der Waals surface area contributed by atoms with E-state index in [9.17, 15) is 9.18 Å². The molecule has 5 heterocycles. The average Bonchev–Trinajstić information content (AvgIpc) is 3.59. The molecule has 0 unspecified atom stereocenters. The van der Waals surface area contributed by atoms with Crippen LogP contribution in [0.4, 0.5) is 4.39 Å². The van der Waals surface area contributed by atoms with Crippen molar-refractivity contribution < 1.29 is 4.39 Å². The molecule has 6 rings (SSSR count). The third-order valence-corrected chi connectivity index (χ3v) is 5.94. The van der Waals surface area contributed by atoms with Crippen molar-refractivity contribution in [2.24, 2.45) is 0 Å². The van der Waals surface area contributed by atoms with Crippen LogP contribution in [0.3, 0.4) is 0 Å². The summed E-state index contributed by atoms with van der Waals surface area (Å²) in [4.78, 5) is 29.2. The second-order valence-electron chi connectivity index (χ2n) is 7.74. The second-order valence-corrected chi connectivity index (χ2v) is 8.17. The Morgan fingerprint density at radius 3 is 2.82 bits per heavy atom. The lowest BCUT2D eigenvalue weighted by molar-refractivity contribution is 0.545. The average molecular weight is 476 g/mol.